The van der Waals surface area contributed by atoms with Crippen LogP contribution in [0.3, 0.4) is 0 Å². The molecule has 2 aromatic rings. The van der Waals surface area contributed by atoms with Gasteiger partial charge in [0.15, 0.2) is 0 Å². The van der Waals surface area contributed by atoms with E-state index in [1.807, 2.05) is 0 Å². The minimum absolute atomic E-state index is 0.203. The molecular weight excluding hydrogens is 254 g/mol. The van der Waals surface area contributed by atoms with Crippen LogP contribution in [0.1, 0.15) is 19.3 Å². The van der Waals surface area contributed by atoms with Crippen LogP contribution in [0.5, 0.6) is 0 Å². The van der Waals surface area contributed by atoms with E-state index >= 15 is 0 Å². The molecule has 2 heterocycles. The normalized spacial score (nSPS) is 21.9. The van der Waals surface area contributed by atoms with E-state index in [-0.39, 0.29) is 6.10 Å². The Morgan fingerprint density at radius 1 is 1.15 bits per heavy atom. The zero-order chi connectivity index (χ0) is 13.8. The molecule has 6 nitrogen and oxygen atoms in total. The van der Waals surface area contributed by atoms with Crippen molar-refractivity contribution in [3.8, 4) is 11.4 Å². The molecule has 20 heavy (non-hydrogen) atoms. The van der Waals surface area contributed by atoms with Crippen LogP contribution in [-0.4, -0.2) is 37.7 Å². The number of rotatable bonds is 4. The Bertz CT molecular complexity index is 563. The van der Waals surface area contributed by atoms with Crippen molar-refractivity contribution in [3.05, 3.63) is 30.9 Å². The maximum absolute atomic E-state index is 9.80. The third kappa shape index (κ3) is 2.91. The van der Waals surface area contributed by atoms with E-state index < -0.39 is 0 Å². The van der Waals surface area contributed by atoms with Crippen molar-refractivity contribution in [1.29, 1.82) is 0 Å². The van der Waals surface area contributed by atoms with Crippen molar-refractivity contribution in [2.45, 2.75) is 25.4 Å². The van der Waals surface area contributed by atoms with Crippen molar-refractivity contribution in [1.82, 2.24) is 19.9 Å². The monoisotopic (exact) mass is 271 g/mol. The van der Waals surface area contributed by atoms with Crippen LogP contribution in [0.4, 0.5) is 5.95 Å². The largest absolute Gasteiger partial charge is 0.393 e. The van der Waals surface area contributed by atoms with Gasteiger partial charge in [0.2, 0.25) is 5.95 Å². The van der Waals surface area contributed by atoms with Gasteiger partial charge in [0.1, 0.15) is 5.69 Å². The highest BCUT2D eigenvalue weighted by Crippen LogP contribution is 2.25. The zero-order valence-electron chi connectivity index (χ0n) is 11.1. The second kappa shape index (κ2) is 5.92. The Hall–Kier alpha value is -2.08. The first-order valence-corrected chi connectivity index (χ1v) is 6.84. The first-order valence-electron chi connectivity index (χ1n) is 6.84. The van der Waals surface area contributed by atoms with Gasteiger partial charge < -0.3 is 10.4 Å². The molecule has 2 N–H and O–H groups in total. The second-order valence-corrected chi connectivity index (χ2v) is 5.00. The van der Waals surface area contributed by atoms with Crippen LogP contribution in [-0.2, 0) is 0 Å². The molecular formula is C14H17N5O. The SMILES string of the molecule is OC1CCCC1CNc1nccc(-c2cnccn2)n1. The maximum Gasteiger partial charge on any atom is 0.223 e. The van der Waals surface area contributed by atoms with Crippen molar-refractivity contribution >= 4 is 5.95 Å². The van der Waals surface area contributed by atoms with Gasteiger partial charge >= 0.3 is 0 Å². The van der Waals surface area contributed by atoms with E-state index in [1.54, 1.807) is 30.9 Å². The molecule has 1 aliphatic carbocycles. The fourth-order valence-corrected chi connectivity index (χ4v) is 2.50. The molecule has 104 valence electrons. The lowest BCUT2D eigenvalue weighted by atomic mass is 10.1. The number of hydrogen-bond acceptors (Lipinski definition) is 6. The summed E-state index contributed by atoms with van der Waals surface area (Å²) in [6, 6.07) is 1.81. The predicted octanol–water partition coefficient (Wildman–Crippen LogP) is 1.51. The van der Waals surface area contributed by atoms with Gasteiger partial charge in [-0.05, 0) is 18.9 Å². The maximum atomic E-state index is 9.80. The molecule has 3 rings (SSSR count). The molecule has 2 aromatic heterocycles. The summed E-state index contributed by atoms with van der Waals surface area (Å²) in [5.74, 6) is 0.853. The molecule has 6 heteroatoms. The smallest absolute Gasteiger partial charge is 0.223 e. The van der Waals surface area contributed by atoms with Crippen molar-refractivity contribution < 1.29 is 5.11 Å². The van der Waals surface area contributed by atoms with E-state index in [0.717, 1.165) is 30.7 Å². The Morgan fingerprint density at radius 2 is 2.10 bits per heavy atom. The summed E-state index contributed by atoms with van der Waals surface area (Å²) >= 11 is 0. The van der Waals surface area contributed by atoms with Crippen molar-refractivity contribution in [2.75, 3.05) is 11.9 Å². The lowest BCUT2D eigenvalue weighted by Crippen LogP contribution is -2.22. The lowest BCUT2D eigenvalue weighted by molar-refractivity contribution is 0.138. The minimum atomic E-state index is -0.203. The highest BCUT2D eigenvalue weighted by Gasteiger charge is 2.24. The molecule has 0 bridgehead atoms. The molecule has 0 radical (unpaired) electrons. The topological polar surface area (TPSA) is 83.8 Å². The third-order valence-electron chi connectivity index (χ3n) is 3.62. The number of hydrogen-bond donors (Lipinski definition) is 2. The molecule has 1 aliphatic rings. The number of nitrogens with one attached hydrogen (secondary N) is 1. The lowest BCUT2D eigenvalue weighted by Gasteiger charge is -2.15. The first kappa shape index (κ1) is 12.9. The van der Waals surface area contributed by atoms with Crippen LogP contribution >= 0.6 is 0 Å². The summed E-state index contributed by atoms with van der Waals surface area (Å²) in [6.45, 7) is 0.699. The average molecular weight is 271 g/mol. The molecule has 0 aromatic carbocycles. The highest BCUT2D eigenvalue weighted by atomic mass is 16.3. The van der Waals surface area contributed by atoms with Gasteiger partial charge in [-0.3, -0.25) is 9.97 Å². The Balaban J connectivity index is 1.68. The summed E-state index contributed by atoms with van der Waals surface area (Å²) < 4.78 is 0. The molecule has 2 atom stereocenters. The van der Waals surface area contributed by atoms with E-state index in [0.29, 0.717) is 18.4 Å². The van der Waals surface area contributed by atoms with E-state index in [2.05, 4.69) is 25.3 Å². The van der Waals surface area contributed by atoms with Gasteiger partial charge in [-0.25, -0.2) is 9.97 Å². The Morgan fingerprint density at radius 3 is 2.85 bits per heavy atom. The van der Waals surface area contributed by atoms with Gasteiger partial charge in [0.05, 0.1) is 18.0 Å². The molecule has 0 saturated heterocycles. The fourth-order valence-electron chi connectivity index (χ4n) is 2.50. The summed E-state index contributed by atoms with van der Waals surface area (Å²) in [6.07, 6.45) is 9.48. The van der Waals surface area contributed by atoms with Crippen LogP contribution in [0.2, 0.25) is 0 Å². The zero-order valence-corrected chi connectivity index (χ0v) is 11.1. The molecule has 1 saturated carbocycles. The summed E-state index contributed by atoms with van der Waals surface area (Å²) in [4.78, 5) is 16.9. The van der Waals surface area contributed by atoms with Crippen molar-refractivity contribution in [3.63, 3.8) is 0 Å². The van der Waals surface area contributed by atoms with Crippen LogP contribution in [0, 0.1) is 5.92 Å². The predicted molar refractivity (Wildman–Crippen MR) is 74.9 cm³/mol. The number of aliphatic hydroxyl groups excluding tert-OH is 1. The standard InChI is InChI=1S/C14H17N5O/c20-13-3-1-2-10(13)8-18-14-17-5-4-11(19-14)12-9-15-6-7-16-12/h4-7,9-10,13,20H,1-3,8H2,(H,17,18,19). The van der Waals surface area contributed by atoms with Crippen molar-refractivity contribution in [2.24, 2.45) is 5.92 Å². The van der Waals surface area contributed by atoms with Gasteiger partial charge in [-0.2, -0.15) is 0 Å². The summed E-state index contributed by atoms with van der Waals surface area (Å²) in [5.41, 5.74) is 1.46. The van der Waals surface area contributed by atoms with E-state index in [9.17, 15) is 5.11 Å². The summed E-state index contributed by atoms with van der Waals surface area (Å²) in [5, 5.41) is 13.0. The average Bonchev–Trinajstić information content (AvgIpc) is 2.92. The van der Waals surface area contributed by atoms with Gasteiger partial charge in [-0.15, -0.1) is 0 Å². The van der Waals surface area contributed by atoms with Gasteiger partial charge in [0.25, 0.3) is 0 Å². The second-order valence-electron chi connectivity index (χ2n) is 5.00. The molecule has 0 aliphatic heterocycles. The van der Waals surface area contributed by atoms with E-state index in [1.165, 1.54) is 0 Å². The number of nitrogens with zero attached hydrogens (tertiary/aromatic N) is 4. The van der Waals surface area contributed by atoms with E-state index in [4.69, 9.17) is 0 Å². The number of anilines is 1. The first-order chi connectivity index (χ1) is 9.83. The highest BCUT2D eigenvalue weighted by molar-refractivity contribution is 5.53. The van der Waals surface area contributed by atoms with Gasteiger partial charge in [-0.1, -0.05) is 6.42 Å². The summed E-state index contributed by atoms with van der Waals surface area (Å²) in [7, 11) is 0. The molecule has 2 unspecified atom stereocenters. The molecule has 0 amide bonds. The quantitative estimate of drug-likeness (QED) is 0.877. The van der Waals surface area contributed by atoms with Crippen LogP contribution < -0.4 is 5.32 Å². The Labute approximate surface area is 117 Å². The minimum Gasteiger partial charge on any atom is -0.393 e. The number of aromatic nitrogens is 4. The van der Waals surface area contributed by atoms with Crippen LogP contribution in [0.15, 0.2) is 30.9 Å². The van der Waals surface area contributed by atoms with Crippen LogP contribution in [0.25, 0.3) is 11.4 Å². The molecule has 1 fully saturated rings. The fraction of sp³-hybridized carbons (Fsp3) is 0.429. The third-order valence-corrected chi connectivity index (χ3v) is 3.62. The Kier molecular flexibility index (Phi) is 3.83. The molecule has 0 spiro atoms. The number of aliphatic hydroxyl groups is 1. The van der Waals surface area contributed by atoms with Gasteiger partial charge in [0, 0.05) is 31.1 Å².